The lowest BCUT2D eigenvalue weighted by Gasteiger charge is -2.09. The van der Waals surface area contributed by atoms with E-state index in [-0.39, 0.29) is 5.69 Å². The Morgan fingerprint density at radius 1 is 0.966 bits per heavy atom. The summed E-state index contributed by atoms with van der Waals surface area (Å²) < 4.78 is 5.87. The normalized spacial score (nSPS) is 10.9. The van der Waals surface area contributed by atoms with Crippen LogP contribution in [0.1, 0.15) is 17.0 Å². The summed E-state index contributed by atoms with van der Waals surface area (Å²) in [4.78, 5) is 18.1. The van der Waals surface area contributed by atoms with Crippen molar-refractivity contribution in [2.45, 2.75) is 19.7 Å². The van der Waals surface area contributed by atoms with Crippen molar-refractivity contribution in [3.05, 3.63) is 99.9 Å². The monoisotopic (exact) mass is 388 g/mol. The third-order valence-corrected chi connectivity index (χ3v) is 4.49. The van der Waals surface area contributed by atoms with E-state index in [2.05, 4.69) is 15.3 Å². The first-order valence-electron chi connectivity index (χ1n) is 9.27. The molecule has 4 aromatic rings. The van der Waals surface area contributed by atoms with Gasteiger partial charge < -0.3 is 15.0 Å². The molecule has 0 aliphatic carbocycles. The van der Waals surface area contributed by atoms with E-state index in [1.54, 1.807) is 6.07 Å². The van der Waals surface area contributed by atoms with E-state index in [0.717, 1.165) is 22.7 Å². The highest BCUT2D eigenvalue weighted by atomic mass is 16.6. The second kappa shape index (κ2) is 8.53. The quantitative estimate of drug-likeness (QED) is 0.346. The number of nitrogens with zero attached hydrogens (tertiary/aromatic N) is 2. The molecule has 1 aromatic heterocycles. The van der Waals surface area contributed by atoms with Gasteiger partial charge in [-0.3, -0.25) is 10.1 Å². The molecule has 0 saturated carbocycles. The summed E-state index contributed by atoms with van der Waals surface area (Å²) in [5, 5.41) is 14.2. The van der Waals surface area contributed by atoms with Gasteiger partial charge in [0.15, 0.2) is 0 Å². The molecule has 4 rings (SSSR count). The van der Waals surface area contributed by atoms with Gasteiger partial charge in [0.1, 0.15) is 18.2 Å². The molecule has 0 atom stereocenters. The first-order valence-corrected chi connectivity index (χ1v) is 9.27. The highest BCUT2D eigenvalue weighted by Gasteiger charge is 2.09. The van der Waals surface area contributed by atoms with Gasteiger partial charge in [0.2, 0.25) is 0 Å². The van der Waals surface area contributed by atoms with Crippen LogP contribution in [0.4, 0.5) is 5.69 Å². The summed E-state index contributed by atoms with van der Waals surface area (Å²) >= 11 is 0. The maximum absolute atomic E-state index is 10.9. The van der Waals surface area contributed by atoms with Gasteiger partial charge in [-0.1, -0.05) is 42.5 Å². The molecule has 0 saturated heterocycles. The Morgan fingerprint density at radius 3 is 2.62 bits per heavy atom. The predicted octanol–water partition coefficient (Wildman–Crippen LogP) is 4.34. The number of nitro benzene ring substituents is 1. The van der Waals surface area contributed by atoms with Gasteiger partial charge in [0.05, 0.1) is 22.5 Å². The van der Waals surface area contributed by atoms with Crippen molar-refractivity contribution in [3.8, 4) is 5.75 Å². The summed E-state index contributed by atoms with van der Waals surface area (Å²) in [5.41, 5.74) is 3.65. The number of ether oxygens (including phenoxy) is 1. The highest BCUT2D eigenvalue weighted by molar-refractivity contribution is 5.77. The van der Waals surface area contributed by atoms with E-state index in [9.17, 15) is 10.1 Å². The maximum Gasteiger partial charge on any atom is 0.271 e. The predicted molar refractivity (Wildman–Crippen MR) is 111 cm³/mol. The van der Waals surface area contributed by atoms with Crippen LogP contribution < -0.4 is 10.1 Å². The van der Waals surface area contributed by atoms with Crippen LogP contribution >= 0.6 is 0 Å². The van der Waals surface area contributed by atoms with Gasteiger partial charge in [0.25, 0.3) is 5.69 Å². The lowest BCUT2D eigenvalue weighted by molar-refractivity contribution is -0.384. The number of imidazole rings is 1. The van der Waals surface area contributed by atoms with Crippen LogP contribution in [-0.2, 0) is 19.7 Å². The number of benzene rings is 3. The Balaban J connectivity index is 1.33. The number of H-pyrrole nitrogens is 1. The Labute approximate surface area is 167 Å². The number of rotatable bonds is 8. The first kappa shape index (κ1) is 18.6. The van der Waals surface area contributed by atoms with Crippen LogP contribution in [-0.4, -0.2) is 14.9 Å². The smallest absolute Gasteiger partial charge is 0.271 e. The summed E-state index contributed by atoms with van der Waals surface area (Å²) in [5.74, 6) is 1.56. The molecule has 0 radical (unpaired) electrons. The lowest BCUT2D eigenvalue weighted by atomic mass is 10.2. The molecule has 1 heterocycles. The lowest BCUT2D eigenvalue weighted by Crippen LogP contribution is -2.13. The van der Waals surface area contributed by atoms with Gasteiger partial charge in [-0.2, -0.15) is 0 Å². The summed E-state index contributed by atoms with van der Waals surface area (Å²) in [6.45, 7) is 1.71. The average molecular weight is 388 g/mol. The number of non-ortho nitro benzene ring substituents is 1. The number of hydrogen-bond donors (Lipinski definition) is 2. The topological polar surface area (TPSA) is 93.1 Å². The number of nitro groups is 1. The van der Waals surface area contributed by atoms with Gasteiger partial charge in [-0.25, -0.2) is 4.98 Å². The largest absolute Gasteiger partial charge is 0.489 e. The van der Waals surface area contributed by atoms with E-state index in [1.807, 2.05) is 54.6 Å². The highest BCUT2D eigenvalue weighted by Crippen LogP contribution is 2.19. The van der Waals surface area contributed by atoms with E-state index < -0.39 is 4.92 Å². The molecule has 29 heavy (non-hydrogen) atoms. The second-order valence-electron chi connectivity index (χ2n) is 6.67. The van der Waals surface area contributed by atoms with Crippen LogP contribution in [0.25, 0.3) is 11.0 Å². The fourth-order valence-electron chi connectivity index (χ4n) is 3.06. The fourth-order valence-corrected chi connectivity index (χ4v) is 3.06. The van der Waals surface area contributed by atoms with Crippen LogP contribution in [0.3, 0.4) is 0 Å². The van der Waals surface area contributed by atoms with Crippen LogP contribution in [0.2, 0.25) is 0 Å². The molecule has 7 heteroatoms. The zero-order valence-electron chi connectivity index (χ0n) is 15.7. The number of aromatic amines is 1. The Hall–Kier alpha value is -3.71. The Morgan fingerprint density at radius 2 is 1.79 bits per heavy atom. The van der Waals surface area contributed by atoms with Crippen molar-refractivity contribution in [2.24, 2.45) is 0 Å². The molecular formula is C22H20N4O3. The molecule has 0 unspecified atom stereocenters. The maximum atomic E-state index is 10.9. The van der Waals surface area contributed by atoms with E-state index >= 15 is 0 Å². The average Bonchev–Trinajstić information content (AvgIpc) is 3.15. The Kier molecular flexibility index (Phi) is 5.49. The van der Waals surface area contributed by atoms with Crippen molar-refractivity contribution in [1.82, 2.24) is 15.3 Å². The fraction of sp³-hybridized carbons (Fsp3) is 0.136. The molecule has 0 amide bonds. The van der Waals surface area contributed by atoms with E-state index in [1.165, 1.54) is 12.1 Å². The minimum absolute atomic E-state index is 0.0491. The van der Waals surface area contributed by atoms with Crippen molar-refractivity contribution >= 4 is 16.7 Å². The minimum atomic E-state index is -0.412. The van der Waals surface area contributed by atoms with E-state index in [4.69, 9.17) is 4.74 Å². The number of fused-ring (bicyclic) bond motifs is 1. The molecule has 0 aliphatic rings. The SMILES string of the molecule is O=[N+]([O-])c1ccc2nc(CNCc3cccc(OCc4ccccc4)c3)[nH]c2c1. The summed E-state index contributed by atoms with van der Waals surface area (Å²) in [6.07, 6.45) is 0. The summed E-state index contributed by atoms with van der Waals surface area (Å²) in [6, 6.07) is 22.6. The molecule has 146 valence electrons. The molecule has 7 nitrogen and oxygen atoms in total. The zero-order valence-corrected chi connectivity index (χ0v) is 15.7. The standard InChI is InChI=1S/C22H20N4O3/c27-26(28)18-9-10-20-21(12-18)25-22(24-20)14-23-13-17-7-4-8-19(11-17)29-15-16-5-2-1-3-6-16/h1-12,23H,13-15H2,(H,24,25). The van der Waals surface area contributed by atoms with Crippen molar-refractivity contribution in [2.75, 3.05) is 0 Å². The zero-order chi connectivity index (χ0) is 20.1. The van der Waals surface area contributed by atoms with Gasteiger partial charge >= 0.3 is 0 Å². The molecule has 0 spiro atoms. The molecule has 2 N–H and O–H groups in total. The van der Waals surface area contributed by atoms with Crippen LogP contribution in [0, 0.1) is 10.1 Å². The molecule has 3 aromatic carbocycles. The number of nitrogens with one attached hydrogen (secondary N) is 2. The summed E-state index contributed by atoms with van der Waals surface area (Å²) in [7, 11) is 0. The molecule has 0 fully saturated rings. The van der Waals surface area contributed by atoms with Gasteiger partial charge in [-0.05, 0) is 29.3 Å². The van der Waals surface area contributed by atoms with Crippen molar-refractivity contribution in [1.29, 1.82) is 0 Å². The molecule has 0 bridgehead atoms. The third kappa shape index (κ3) is 4.77. The van der Waals surface area contributed by atoms with Crippen molar-refractivity contribution in [3.63, 3.8) is 0 Å². The van der Waals surface area contributed by atoms with Gasteiger partial charge in [0, 0.05) is 18.7 Å². The van der Waals surface area contributed by atoms with Crippen LogP contribution in [0.5, 0.6) is 5.75 Å². The first-order chi connectivity index (χ1) is 14.2. The van der Waals surface area contributed by atoms with Crippen molar-refractivity contribution < 1.29 is 9.66 Å². The second-order valence-corrected chi connectivity index (χ2v) is 6.67. The molecular weight excluding hydrogens is 368 g/mol. The number of hydrogen-bond acceptors (Lipinski definition) is 5. The van der Waals surface area contributed by atoms with Gasteiger partial charge in [-0.15, -0.1) is 0 Å². The van der Waals surface area contributed by atoms with Crippen LogP contribution in [0.15, 0.2) is 72.8 Å². The molecule has 0 aliphatic heterocycles. The third-order valence-electron chi connectivity index (χ3n) is 4.49. The number of aromatic nitrogens is 2. The Bertz CT molecular complexity index is 1130. The van der Waals surface area contributed by atoms with E-state index in [0.29, 0.717) is 30.7 Å². The minimum Gasteiger partial charge on any atom is -0.489 e.